The number of ketones is 3. The largest absolute Gasteiger partial charge is 0.300 e. The second-order valence-electron chi connectivity index (χ2n) is 4.41. The van der Waals surface area contributed by atoms with E-state index in [1.54, 1.807) is 31.2 Å². The Morgan fingerprint density at radius 3 is 1.94 bits per heavy atom. The minimum Gasteiger partial charge on any atom is -0.300 e. The summed E-state index contributed by atoms with van der Waals surface area (Å²) in [6.45, 7) is 2.95. The summed E-state index contributed by atoms with van der Waals surface area (Å²) < 4.78 is 0. The Hall–Kier alpha value is -1.77. The van der Waals surface area contributed by atoms with Crippen molar-refractivity contribution in [3.63, 3.8) is 0 Å². The zero-order valence-corrected chi connectivity index (χ0v) is 9.24. The minimum absolute atomic E-state index is 0.0145. The van der Waals surface area contributed by atoms with E-state index in [-0.39, 0.29) is 23.8 Å². The molecule has 0 unspecified atom stereocenters. The molecular weight excluding hydrogens is 204 g/mol. The third-order valence-corrected chi connectivity index (χ3v) is 3.02. The number of Topliss-reactive ketones (excluding diaryl/α,β-unsaturated/α-hetero) is 3. The first-order valence-electron chi connectivity index (χ1n) is 5.15. The normalized spacial score (nSPS) is 17.4. The van der Waals surface area contributed by atoms with Crippen LogP contribution in [0.2, 0.25) is 0 Å². The molecule has 1 aliphatic rings. The van der Waals surface area contributed by atoms with Crippen LogP contribution >= 0.6 is 0 Å². The summed E-state index contributed by atoms with van der Waals surface area (Å²) in [6.07, 6.45) is -0.0145. The predicted octanol–water partition coefficient (Wildman–Crippen LogP) is 2.05. The van der Waals surface area contributed by atoms with Crippen LogP contribution in [0.15, 0.2) is 24.3 Å². The summed E-state index contributed by atoms with van der Waals surface area (Å²) in [6, 6.07) is 6.73. The maximum absolute atomic E-state index is 12.1. The highest BCUT2D eigenvalue weighted by Gasteiger charge is 2.49. The van der Waals surface area contributed by atoms with Crippen molar-refractivity contribution >= 4 is 17.3 Å². The number of carbonyl (C=O) groups excluding carboxylic acids is 3. The molecule has 3 heteroatoms. The Kier molecular flexibility index (Phi) is 2.26. The van der Waals surface area contributed by atoms with Crippen molar-refractivity contribution in [2.75, 3.05) is 0 Å². The molecule has 0 radical (unpaired) electrons. The summed E-state index contributed by atoms with van der Waals surface area (Å²) in [4.78, 5) is 35.3. The average Bonchev–Trinajstić information content (AvgIpc) is 2.42. The van der Waals surface area contributed by atoms with Crippen molar-refractivity contribution < 1.29 is 14.4 Å². The van der Waals surface area contributed by atoms with Gasteiger partial charge in [0, 0.05) is 17.5 Å². The van der Waals surface area contributed by atoms with Gasteiger partial charge in [-0.1, -0.05) is 24.3 Å². The number of benzene rings is 1. The standard InChI is InChI=1S/C13H12O3/c1-8(14)7-13(2)11(15)9-5-3-4-6-10(9)12(13)16/h3-6H,7H2,1-2H3. The van der Waals surface area contributed by atoms with E-state index in [1.807, 2.05) is 0 Å². The maximum Gasteiger partial charge on any atom is 0.177 e. The van der Waals surface area contributed by atoms with Crippen molar-refractivity contribution in [1.82, 2.24) is 0 Å². The molecule has 0 spiro atoms. The molecule has 1 aromatic rings. The number of carbonyl (C=O) groups is 3. The molecule has 1 aliphatic carbocycles. The van der Waals surface area contributed by atoms with Gasteiger partial charge in [0.2, 0.25) is 0 Å². The molecule has 0 bridgehead atoms. The van der Waals surface area contributed by atoms with Gasteiger partial charge in [-0.3, -0.25) is 14.4 Å². The van der Waals surface area contributed by atoms with Gasteiger partial charge < -0.3 is 0 Å². The van der Waals surface area contributed by atoms with Gasteiger partial charge in [0.05, 0.1) is 0 Å². The third-order valence-electron chi connectivity index (χ3n) is 3.02. The topological polar surface area (TPSA) is 51.2 Å². The molecular formula is C13H12O3. The van der Waals surface area contributed by atoms with E-state index >= 15 is 0 Å². The molecule has 0 saturated heterocycles. The molecule has 0 fully saturated rings. The van der Waals surface area contributed by atoms with E-state index in [2.05, 4.69) is 0 Å². The number of hydrogen-bond acceptors (Lipinski definition) is 3. The Morgan fingerprint density at radius 1 is 1.12 bits per heavy atom. The third kappa shape index (κ3) is 1.32. The van der Waals surface area contributed by atoms with Crippen LogP contribution in [0.4, 0.5) is 0 Å². The van der Waals surface area contributed by atoms with E-state index < -0.39 is 5.41 Å². The molecule has 0 saturated carbocycles. The quantitative estimate of drug-likeness (QED) is 0.711. The molecule has 0 N–H and O–H groups in total. The predicted molar refractivity (Wildman–Crippen MR) is 58.5 cm³/mol. The second-order valence-corrected chi connectivity index (χ2v) is 4.41. The van der Waals surface area contributed by atoms with E-state index in [0.29, 0.717) is 11.1 Å². The van der Waals surface area contributed by atoms with Crippen LogP contribution in [0, 0.1) is 5.41 Å². The van der Waals surface area contributed by atoms with Crippen LogP contribution in [0.3, 0.4) is 0 Å². The fourth-order valence-electron chi connectivity index (χ4n) is 2.24. The fourth-order valence-corrected chi connectivity index (χ4v) is 2.24. The monoisotopic (exact) mass is 216 g/mol. The fraction of sp³-hybridized carbons (Fsp3) is 0.308. The molecule has 0 atom stereocenters. The first kappa shape index (κ1) is 10.7. The smallest absolute Gasteiger partial charge is 0.177 e. The molecule has 0 amide bonds. The lowest BCUT2D eigenvalue weighted by Crippen LogP contribution is -2.31. The van der Waals surface area contributed by atoms with E-state index in [4.69, 9.17) is 0 Å². The van der Waals surface area contributed by atoms with Gasteiger partial charge in [0.25, 0.3) is 0 Å². The van der Waals surface area contributed by atoms with Crippen molar-refractivity contribution in [1.29, 1.82) is 0 Å². The highest BCUT2D eigenvalue weighted by molar-refractivity contribution is 6.30. The summed E-state index contributed by atoms with van der Waals surface area (Å²) in [5.74, 6) is -0.608. The van der Waals surface area contributed by atoms with Crippen LogP contribution < -0.4 is 0 Å². The Balaban J connectivity index is 2.53. The van der Waals surface area contributed by atoms with E-state index in [1.165, 1.54) is 6.92 Å². The van der Waals surface area contributed by atoms with Gasteiger partial charge in [-0.25, -0.2) is 0 Å². The van der Waals surface area contributed by atoms with Crippen molar-refractivity contribution in [3.8, 4) is 0 Å². The van der Waals surface area contributed by atoms with E-state index in [9.17, 15) is 14.4 Å². The highest BCUT2D eigenvalue weighted by atomic mass is 16.2. The molecule has 3 nitrogen and oxygen atoms in total. The summed E-state index contributed by atoms with van der Waals surface area (Å²) in [5, 5.41) is 0. The van der Waals surface area contributed by atoms with Crippen LogP contribution in [-0.2, 0) is 4.79 Å². The molecule has 16 heavy (non-hydrogen) atoms. The molecule has 1 aromatic carbocycles. The minimum atomic E-state index is -1.18. The number of hydrogen-bond donors (Lipinski definition) is 0. The van der Waals surface area contributed by atoms with Gasteiger partial charge in [0.1, 0.15) is 11.2 Å². The Morgan fingerprint density at radius 2 is 1.56 bits per heavy atom. The van der Waals surface area contributed by atoms with Gasteiger partial charge >= 0.3 is 0 Å². The van der Waals surface area contributed by atoms with Crippen molar-refractivity contribution in [2.24, 2.45) is 5.41 Å². The first-order chi connectivity index (χ1) is 7.47. The second kappa shape index (κ2) is 3.37. The van der Waals surface area contributed by atoms with Gasteiger partial charge in [-0.15, -0.1) is 0 Å². The first-order valence-corrected chi connectivity index (χ1v) is 5.15. The molecule has 2 rings (SSSR count). The van der Waals surface area contributed by atoms with Gasteiger partial charge in [0.15, 0.2) is 11.6 Å². The van der Waals surface area contributed by atoms with Crippen molar-refractivity contribution in [2.45, 2.75) is 20.3 Å². The maximum atomic E-state index is 12.1. The SMILES string of the molecule is CC(=O)CC1(C)C(=O)c2ccccc2C1=O. The lowest BCUT2D eigenvalue weighted by molar-refractivity contribution is -0.118. The zero-order chi connectivity index (χ0) is 11.9. The molecule has 82 valence electrons. The van der Waals surface area contributed by atoms with Crippen LogP contribution in [0.1, 0.15) is 41.0 Å². The molecule has 0 heterocycles. The number of fused-ring (bicyclic) bond motifs is 1. The van der Waals surface area contributed by atoms with Gasteiger partial charge in [-0.05, 0) is 13.8 Å². The van der Waals surface area contributed by atoms with Crippen molar-refractivity contribution in [3.05, 3.63) is 35.4 Å². The molecule has 0 aliphatic heterocycles. The Bertz CT molecular complexity index is 465. The highest BCUT2D eigenvalue weighted by Crippen LogP contribution is 2.39. The van der Waals surface area contributed by atoms with Crippen LogP contribution in [0.5, 0.6) is 0 Å². The van der Waals surface area contributed by atoms with Gasteiger partial charge in [-0.2, -0.15) is 0 Å². The summed E-state index contributed by atoms with van der Waals surface area (Å²) in [5.41, 5.74) is -0.303. The lowest BCUT2D eigenvalue weighted by atomic mass is 9.80. The lowest BCUT2D eigenvalue weighted by Gasteiger charge is -2.17. The van der Waals surface area contributed by atoms with E-state index in [0.717, 1.165) is 0 Å². The summed E-state index contributed by atoms with van der Waals surface area (Å²) in [7, 11) is 0. The average molecular weight is 216 g/mol. The number of rotatable bonds is 2. The van der Waals surface area contributed by atoms with Crippen LogP contribution in [-0.4, -0.2) is 17.3 Å². The Labute approximate surface area is 93.5 Å². The summed E-state index contributed by atoms with van der Waals surface area (Å²) >= 11 is 0. The van der Waals surface area contributed by atoms with Crippen LogP contribution in [0.25, 0.3) is 0 Å². The molecule has 0 aromatic heterocycles. The zero-order valence-electron chi connectivity index (χ0n) is 9.24.